The summed E-state index contributed by atoms with van der Waals surface area (Å²) in [6, 6.07) is 0. The van der Waals surface area contributed by atoms with Crippen LogP contribution in [0.15, 0.2) is 109 Å². The van der Waals surface area contributed by atoms with Crippen LogP contribution < -0.4 is 44.2 Å². The molecule has 0 fully saturated rings. The van der Waals surface area contributed by atoms with Crippen LogP contribution in [0.2, 0.25) is 0 Å². The van der Waals surface area contributed by atoms with Crippen molar-refractivity contribution in [3.63, 3.8) is 0 Å². The second-order valence-electron chi connectivity index (χ2n) is 16.1. The second kappa shape index (κ2) is 95.7. The fourth-order valence-electron chi connectivity index (χ4n) is 4.33. The lowest BCUT2D eigenvalue weighted by molar-refractivity contribution is -0.193. The molecule has 0 aliphatic rings. The summed E-state index contributed by atoms with van der Waals surface area (Å²) in [7, 11) is 13.9. The lowest BCUT2D eigenvalue weighted by Crippen LogP contribution is -2.33. The summed E-state index contributed by atoms with van der Waals surface area (Å²) in [5, 5.41) is 10.8. The molecule has 0 rings (SSSR count). The third-order valence-corrected chi connectivity index (χ3v) is 17.4. The van der Waals surface area contributed by atoms with Crippen molar-refractivity contribution in [2.24, 2.45) is 22.9 Å². The molecule has 0 bridgehead atoms. The van der Waals surface area contributed by atoms with Gasteiger partial charge in [-0.25, -0.2) is 4.79 Å². The van der Waals surface area contributed by atoms with Crippen LogP contribution in [0.5, 0.6) is 0 Å². The number of rotatable bonds is 41. The average Bonchev–Trinajstić information content (AvgIpc) is 3.47. The maximum atomic E-state index is 11.9. The molecule has 0 aliphatic carbocycles. The van der Waals surface area contributed by atoms with Gasteiger partial charge < -0.3 is 48.9 Å². The van der Waals surface area contributed by atoms with Crippen molar-refractivity contribution in [1.82, 2.24) is 21.3 Å². The maximum Gasteiger partial charge on any atom is 0.407 e. The predicted molar refractivity (Wildman–Crippen MR) is 377 cm³/mol. The molecule has 0 atom stereocenters. The molecule has 0 radical (unpaired) electrons. The molecule has 20 nitrogen and oxygen atoms in total. The summed E-state index contributed by atoms with van der Waals surface area (Å²) in [5.41, 5.74) is 20.7. The van der Waals surface area contributed by atoms with Crippen LogP contribution in [-0.2, 0) is 52.7 Å². The van der Waals surface area contributed by atoms with Gasteiger partial charge in [0.05, 0.1) is 0 Å². The van der Waals surface area contributed by atoms with Crippen molar-refractivity contribution < 1.29 is 57.5 Å². The van der Waals surface area contributed by atoms with E-state index < -0.39 is 10.8 Å². The van der Waals surface area contributed by atoms with Gasteiger partial charge in [-0.05, 0) is 116 Å². The molecule has 0 spiro atoms. The molecule has 0 saturated heterocycles. The summed E-state index contributed by atoms with van der Waals surface area (Å²) in [6.07, 6.45) is 43.2. The maximum absolute atomic E-state index is 11.9. The highest BCUT2D eigenvalue weighted by Gasteiger charge is 2.15. The van der Waals surface area contributed by atoms with Gasteiger partial charge in [-0.2, -0.15) is 28.8 Å². The largest absolute Gasteiger partial charge is 0.444 e. The third kappa shape index (κ3) is 132. The first kappa shape index (κ1) is 99.3. The van der Waals surface area contributed by atoms with E-state index in [0.29, 0.717) is 45.7 Å². The SMILES string of the molecule is C/C=C/C(=O)Cl.C/C=C/C(=O)NCCSSCCN.C/C=C/C(=O)NCCSSCCNC(=O)CC/C=C\C/C=C\C/C=C\C/C=C\C/C=C\C/C=C\CC.CC(C)(C)OC(=O)NCCSSCCN.NCCSSCCN.O=C=O.O=C=O.O=C=O. The Hall–Kier alpha value is -3.92. The number of ether oxygens (including phenoxy) is 1. The highest BCUT2D eigenvalue weighted by Crippen LogP contribution is 2.21. The van der Waals surface area contributed by atoms with Crippen LogP contribution in [0.4, 0.5) is 4.79 Å². The Morgan fingerprint density at radius 2 is 0.713 bits per heavy atom. The second-order valence-corrected chi connectivity index (χ2v) is 27.3. The molecule has 12 N–H and O–H groups in total. The Morgan fingerprint density at radius 3 is 0.977 bits per heavy atom. The van der Waals surface area contributed by atoms with Crippen molar-refractivity contribution in [3.05, 3.63) is 109 Å². The Bertz CT molecular complexity index is 1930. The summed E-state index contributed by atoms with van der Waals surface area (Å²) in [5.74, 6) is 7.49. The van der Waals surface area contributed by atoms with Crippen molar-refractivity contribution in [2.45, 2.75) is 105 Å². The minimum Gasteiger partial charge on any atom is -0.444 e. The van der Waals surface area contributed by atoms with Gasteiger partial charge in [-0.1, -0.05) is 184 Å². The Kier molecular flexibility index (Phi) is 109. The zero-order valence-electron chi connectivity index (χ0n) is 51.7. The van der Waals surface area contributed by atoms with E-state index in [2.05, 4.69) is 101 Å². The lowest BCUT2D eigenvalue weighted by atomic mass is 10.2. The first-order chi connectivity index (χ1) is 41.9. The Labute approximate surface area is 556 Å². The number of carbonyl (C=O) groups excluding carboxylic acids is 11. The van der Waals surface area contributed by atoms with E-state index in [4.69, 9.17) is 68.0 Å². The zero-order chi connectivity index (χ0) is 67.4. The molecule has 498 valence electrons. The number of alkyl carbamates (subject to hydrolysis) is 1. The molecule has 0 aromatic heterocycles. The molecular weight excluding hydrogens is 1290 g/mol. The average molecular weight is 1390 g/mol. The van der Waals surface area contributed by atoms with Gasteiger partial charge in [0.1, 0.15) is 5.60 Å². The van der Waals surface area contributed by atoms with Crippen molar-refractivity contribution in [2.75, 3.05) is 98.4 Å². The number of hydrogen-bond donors (Lipinski definition) is 8. The van der Waals surface area contributed by atoms with E-state index in [9.17, 15) is 24.0 Å². The molecule has 0 unspecified atom stereocenters. The van der Waals surface area contributed by atoms with Crippen molar-refractivity contribution in [1.29, 1.82) is 0 Å². The molecular formula is C58H99ClN8O12S8. The van der Waals surface area contributed by atoms with Crippen molar-refractivity contribution in [3.8, 4) is 0 Å². The quantitative estimate of drug-likeness (QED) is 0.00927. The molecule has 0 saturated carbocycles. The molecule has 0 aromatic rings. The fraction of sp³-hybridized carbons (Fsp3) is 0.552. The van der Waals surface area contributed by atoms with Gasteiger partial charge in [0.2, 0.25) is 23.0 Å². The van der Waals surface area contributed by atoms with E-state index in [-0.39, 0.29) is 42.3 Å². The number of allylic oxidation sites excluding steroid dienone is 16. The molecule has 4 amide bonds. The molecule has 87 heavy (non-hydrogen) atoms. The number of halogens is 1. The fourth-order valence-corrected chi connectivity index (χ4v) is 11.5. The molecule has 0 aromatic carbocycles. The molecule has 29 heteroatoms. The predicted octanol–water partition coefficient (Wildman–Crippen LogP) is 10.4. The van der Waals surface area contributed by atoms with Crippen molar-refractivity contribution >= 4 is 145 Å². The number of hydrogen-bond acceptors (Lipinski definition) is 24. The van der Waals surface area contributed by atoms with Crippen LogP contribution >= 0.6 is 98.0 Å². The molecule has 0 aliphatic heterocycles. The van der Waals surface area contributed by atoms with Crippen LogP contribution in [0.25, 0.3) is 0 Å². The third-order valence-electron chi connectivity index (χ3n) is 7.54. The van der Waals surface area contributed by atoms with E-state index in [1.807, 2.05) is 34.6 Å². The van der Waals surface area contributed by atoms with Gasteiger partial charge in [0.25, 0.3) is 0 Å². The normalized spacial score (nSPS) is 10.6. The first-order valence-electron chi connectivity index (χ1n) is 27.4. The smallest absolute Gasteiger partial charge is 0.407 e. The summed E-state index contributed by atoms with van der Waals surface area (Å²) in [6.45, 7) is 18.7. The van der Waals surface area contributed by atoms with Gasteiger partial charge in [-0.15, -0.1) is 0 Å². The van der Waals surface area contributed by atoms with E-state index in [0.717, 1.165) is 104 Å². The van der Waals surface area contributed by atoms with E-state index in [1.54, 1.807) is 112 Å². The highest BCUT2D eigenvalue weighted by molar-refractivity contribution is 8.77. The monoisotopic (exact) mass is 1390 g/mol. The number of nitrogens with one attached hydrogen (secondary N) is 4. The molecule has 0 heterocycles. The van der Waals surface area contributed by atoms with Gasteiger partial charge in [-0.3, -0.25) is 19.2 Å². The standard InChI is InChI=1S/C30H46N2O2S2.C9H20N2O2S2.C8H16N2OS2.C4H5ClO.C4H12N2S2.3CO2/c1-3-5-6-7-8-9-10-11-12-13-14-15-16-17-18-19-20-21-22-24-30(34)32-26-28-36-35-27-25-31-29(33)23-4-2;1-9(2,3)13-8(12)11-5-7-15-14-6-4-10;1-2-3-8(11)10-5-7-13-12-6-4-9;1-2-3-4(5)6;5-1-3-7-8-4-2-6;3*2-1-3/h4-6,8-9,11-12,14-15,17-18,20-21,23H,3,7,10,13,16,19,22,24-28H2,1-2H3,(H,31,33)(H,32,34);4-7,10H2,1-3H3,(H,11,12);2-3H,4-7,9H2,1H3,(H,10,11);2-3H,1H3;1-6H2;;;/b6-5-,9-8-,12-11-,15-14-,18-17-,21-20-,23-4+;;2*3-2+;;;;. The topological polar surface area (TPSA) is 349 Å². The number of amides is 4. The van der Waals surface area contributed by atoms with Gasteiger partial charge >= 0.3 is 24.5 Å². The number of carbonyl (C=O) groups is 5. The summed E-state index contributed by atoms with van der Waals surface area (Å²) < 4.78 is 5.08. The van der Waals surface area contributed by atoms with Gasteiger partial charge in [0, 0.05) is 105 Å². The first-order valence-corrected chi connectivity index (χ1v) is 37.8. The van der Waals surface area contributed by atoms with Crippen LogP contribution in [0.3, 0.4) is 0 Å². The van der Waals surface area contributed by atoms with E-state index >= 15 is 0 Å². The van der Waals surface area contributed by atoms with Crippen LogP contribution in [0.1, 0.15) is 99.8 Å². The Balaban J connectivity index is -0.000000167. The van der Waals surface area contributed by atoms with Crippen LogP contribution in [0, 0.1) is 0 Å². The minimum atomic E-state index is -0.425. The van der Waals surface area contributed by atoms with Crippen LogP contribution in [-0.4, -0.2) is 151 Å². The van der Waals surface area contributed by atoms with Gasteiger partial charge in [0.15, 0.2) is 0 Å². The van der Waals surface area contributed by atoms with E-state index in [1.165, 1.54) is 18.2 Å². The Morgan fingerprint density at radius 1 is 0.437 bits per heavy atom. The summed E-state index contributed by atoms with van der Waals surface area (Å²) >= 11 is 4.85. The minimum absolute atomic E-state index is 0.0214. The lowest BCUT2D eigenvalue weighted by Gasteiger charge is -2.19. The number of nitrogens with two attached hydrogens (primary N) is 4. The summed E-state index contributed by atoms with van der Waals surface area (Å²) in [4.78, 5) is 104. The highest BCUT2D eigenvalue weighted by atomic mass is 35.5. The zero-order valence-corrected chi connectivity index (χ0v) is 59.0.